The predicted molar refractivity (Wildman–Crippen MR) is 67.6 cm³/mol. The monoisotopic (exact) mass is 228 g/mol. The van der Waals surface area contributed by atoms with Gasteiger partial charge in [-0.25, -0.2) is 0 Å². The van der Waals surface area contributed by atoms with Gasteiger partial charge < -0.3 is 9.84 Å². The Hall–Kier alpha value is -0.0800. The van der Waals surface area contributed by atoms with Gasteiger partial charge in [-0.3, -0.25) is 0 Å². The third-order valence-corrected chi connectivity index (χ3v) is 3.45. The van der Waals surface area contributed by atoms with Gasteiger partial charge in [-0.15, -0.1) is 0 Å². The number of unbranched alkanes of at least 4 members (excludes halogenated alkanes) is 5. The van der Waals surface area contributed by atoms with Crippen LogP contribution in [0.2, 0.25) is 0 Å². The van der Waals surface area contributed by atoms with Crippen LogP contribution in [0.4, 0.5) is 0 Å². The second-order valence-electron chi connectivity index (χ2n) is 5.05. The molecule has 0 aromatic rings. The molecule has 3 unspecified atom stereocenters. The van der Waals surface area contributed by atoms with Crippen LogP contribution in [0.1, 0.15) is 71.6 Å². The zero-order valence-electron chi connectivity index (χ0n) is 11.0. The number of epoxide rings is 1. The normalized spacial score (nSPS) is 25.7. The molecule has 0 aromatic heterocycles. The molecule has 1 N–H and O–H groups in total. The molecule has 0 saturated carbocycles. The Balaban J connectivity index is 1.95. The van der Waals surface area contributed by atoms with Gasteiger partial charge in [0.25, 0.3) is 0 Å². The quantitative estimate of drug-likeness (QED) is 0.457. The standard InChI is InChI=1S/C14H28O2/c1-3-5-7-9-11-13-14(16-13)12(15)10-8-6-4-2/h12-15H,3-11H2,1-2H3. The molecule has 3 atom stereocenters. The molecule has 1 heterocycles. The van der Waals surface area contributed by atoms with Crippen molar-refractivity contribution in [2.45, 2.75) is 89.9 Å². The molecule has 1 saturated heterocycles. The van der Waals surface area contributed by atoms with Crippen LogP contribution in [0.5, 0.6) is 0 Å². The van der Waals surface area contributed by atoms with Gasteiger partial charge in [-0.05, 0) is 12.8 Å². The maximum absolute atomic E-state index is 9.86. The Morgan fingerprint density at radius 1 is 1.00 bits per heavy atom. The molecule has 0 aliphatic carbocycles. The minimum absolute atomic E-state index is 0.165. The molecule has 0 aromatic carbocycles. The van der Waals surface area contributed by atoms with E-state index in [0.29, 0.717) is 6.10 Å². The van der Waals surface area contributed by atoms with Crippen LogP contribution in [0.25, 0.3) is 0 Å². The highest BCUT2D eigenvalue weighted by molar-refractivity contribution is 4.90. The first-order valence-corrected chi connectivity index (χ1v) is 7.13. The minimum Gasteiger partial charge on any atom is -0.390 e. The van der Waals surface area contributed by atoms with Gasteiger partial charge in [-0.1, -0.05) is 58.8 Å². The summed E-state index contributed by atoms with van der Waals surface area (Å²) >= 11 is 0. The predicted octanol–water partition coefficient (Wildman–Crippen LogP) is 3.67. The molecule has 2 heteroatoms. The van der Waals surface area contributed by atoms with E-state index in [2.05, 4.69) is 13.8 Å². The van der Waals surface area contributed by atoms with E-state index in [0.717, 1.165) is 19.3 Å². The fourth-order valence-electron chi connectivity index (χ4n) is 2.27. The first kappa shape index (κ1) is 14.0. The first-order chi connectivity index (χ1) is 7.79. The lowest BCUT2D eigenvalue weighted by Gasteiger charge is -2.06. The molecule has 1 fully saturated rings. The second kappa shape index (κ2) is 8.08. The van der Waals surface area contributed by atoms with Gasteiger partial charge >= 0.3 is 0 Å². The third kappa shape index (κ3) is 5.31. The van der Waals surface area contributed by atoms with Crippen LogP contribution < -0.4 is 0 Å². The largest absolute Gasteiger partial charge is 0.390 e. The van der Waals surface area contributed by atoms with Crippen molar-refractivity contribution in [3.8, 4) is 0 Å². The summed E-state index contributed by atoms with van der Waals surface area (Å²) in [6, 6.07) is 0. The maximum Gasteiger partial charge on any atom is 0.110 e. The number of aliphatic hydroxyl groups is 1. The Bertz CT molecular complexity index is 170. The van der Waals surface area contributed by atoms with Gasteiger partial charge in [0.15, 0.2) is 0 Å². The number of ether oxygens (including phenoxy) is 1. The lowest BCUT2D eigenvalue weighted by Crippen LogP contribution is -2.16. The van der Waals surface area contributed by atoms with Crippen molar-refractivity contribution < 1.29 is 9.84 Å². The highest BCUT2D eigenvalue weighted by Crippen LogP contribution is 2.32. The molecule has 2 nitrogen and oxygen atoms in total. The van der Waals surface area contributed by atoms with Gasteiger partial charge in [0.2, 0.25) is 0 Å². The van der Waals surface area contributed by atoms with Crippen molar-refractivity contribution in [3.63, 3.8) is 0 Å². The van der Waals surface area contributed by atoms with Crippen LogP contribution >= 0.6 is 0 Å². The van der Waals surface area contributed by atoms with Crippen molar-refractivity contribution in [2.75, 3.05) is 0 Å². The van der Waals surface area contributed by atoms with Crippen LogP contribution in [0.3, 0.4) is 0 Å². The molecule has 1 aliphatic rings. The fraction of sp³-hybridized carbons (Fsp3) is 1.00. The van der Waals surface area contributed by atoms with Gasteiger partial charge in [0.1, 0.15) is 6.10 Å². The molecule has 0 spiro atoms. The Labute approximate surface area is 100 Å². The number of hydrogen-bond acceptors (Lipinski definition) is 2. The minimum atomic E-state index is -0.206. The van der Waals surface area contributed by atoms with E-state index in [-0.39, 0.29) is 12.2 Å². The van der Waals surface area contributed by atoms with Gasteiger partial charge in [-0.2, -0.15) is 0 Å². The molecule has 1 rings (SSSR count). The zero-order chi connectivity index (χ0) is 11.8. The summed E-state index contributed by atoms with van der Waals surface area (Å²) in [7, 11) is 0. The highest BCUT2D eigenvalue weighted by atomic mass is 16.6. The van der Waals surface area contributed by atoms with E-state index in [9.17, 15) is 5.11 Å². The van der Waals surface area contributed by atoms with Crippen molar-refractivity contribution in [3.05, 3.63) is 0 Å². The van der Waals surface area contributed by atoms with Crippen molar-refractivity contribution in [1.29, 1.82) is 0 Å². The zero-order valence-corrected chi connectivity index (χ0v) is 11.0. The highest BCUT2D eigenvalue weighted by Gasteiger charge is 2.42. The average molecular weight is 228 g/mol. The molecular formula is C14H28O2. The third-order valence-electron chi connectivity index (χ3n) is 3.45. The number of aliphatic hydroxyl groups excluding tert-OH is 1. The first-order valence-electron chi connectivity index (χ1n) is 7.13. The molecule has 1 aliphatic heterocycles. The number of hydrogen-bond donors (Lipinski definition) is 1. The van der Waals surface area contributed by atoms with Gasteiger partial charge in [0, 0.05) is 0 Å². The van der Waals surface area contributed by atoms with Crippen molar-refractivity contribution in [1.82, 2.24) is 0 Å². The summed E-state index contributed by atoms with van der Waals surface area (Å²) in [4.78, 5) is 0. The van der Waals surface area contributed by atoms with Crippen molar-refractivity contribution >= 4 is 0 Å². The Morgan fingerprint density at radius 2 is 1.69 bits per heavy atom. The summed E-state index contributed by atoms with van der Waals surface area (Å²) < 4.78 is 5.54. The summed E-state index contributed by atoms with van der Waals surface area (Å²) in [5, 5.41) is 9.86. The summed E-state index contributed by atoms with van der Waals surface area (Å²) in [5.74, 6) is 0. The summed E-state index contributed by atoms with van der Waals surface area (Å²) in [5.41, 5.74) is 0. The average Bonchev–Trinajstić information content (AvgIpc) is 3.04. The van der Waals surface area contributed by atoms with Crippen molar-refractivity contribution in [2.24, 2.45) is 0 Å². The Morgan fingerprint density at radius 3 is 2.38 bits per heavy atom. The smallest absolute Gasteiger partial charge is 0.110 e. The van der Waals surface area contributed by atoms with E-state index < -0.39 is 0 Å². The topological polar surface area (TPSA) is 32.8 Å². The Kier molecular flexibility index (Phi) is 7.06. The number of rotatable bonds is 10. The van der Waals surface area contributed by atoms with E-state index in [4.69, 9.17) is 4.74 Å². The summed E-state index contributed by atoms with van der Waals surface area (Å²) in [6.45, 7) is 4.42. The van der Waals surface area contributed by atoms with E-state index in [1.54, 1.807) is 0 Å². The SMILES string of the molecule is CCCCCCC1OC1C(O)CCCCC. The van der Waals surface area contributed by atoms with Crippen LogP contribution in [-0.4, -0.2) is 23.4 Å². The van der Waals surface area contributed by atoms with E-state index in [1.807, 2.05) is 0 Å². The molecule has 0 amide bonds. The van der Waals surface area contributed by atoms with Gasteiger partial charge in [0.05, 0.1) is 12.2 Å². The lowest BCUT2D eigenvalue weighted by atomic mass is 10.0. The maximum atomic E-state index is 9.86. The van der Waals surface area contributed by atoms with E-state index >= 15 is 0 Å². The molecular weight excluding hydrogens is 200 g/mol. The second-order valence-corrected chi connectivity index (χ2v) is 5.05. The molecule has 0 radical (unpaired) electrons. The van der Waals surface area contributed by atoms with E-state index in [1.165, 1.54) is 38.5 Å². The molecule has 96 valence electrons. The van der Waals surface area contributed by atoms with Crippen LogP contribution in [0, 0.1) is 0 Å². The fourth-order valence-corrected chi connectivity index (χ4v) is 2.27. The van der Waals surface area contributed by atoms with Crippen LogP contribution in [0.15, 0.2) is 0 Å². The molecule has 16 heavy (non-hydrogen) atoms. The summed E-state index contributed by atoms with van der Waals surface area (Å²) in [6.07, 6.45) is 11.2. The van der Waals surface area contributed by atoms with Crippen LogP contribution in [-0.2, 0) is 4.74 Å². The lowest BCUT2D eigenvalue weighted by molar-refractivity contribution is 0.123. The molecule has 0 bridgehead atoms.